The second-order valence-electron chi connectivity index (χ2n) is 6.97. The molecule has 0 aliphatic carbocycles. The fourth-order valence-electron chi connectivity index (χ4n) is 3.01. The molecule has 2 aromatic rings. The van der Waals surface area contributed by atoms with Crippen molar-refractivity contribution in [2.45, 2.75) is 64.7 Å². The van der Waals surface area contributed by atoms with Crippen LogP contribution in [-0.2, 0) is 4.74 Å². The lowest BCUT2D eigenvalue weighted by Crippen LogP contribution is -2.14. The molecule has 0 unspecified atom stereocenters. The predicted molar refractivity (Wildman–Crippen MR) is 123 cm³/mol. The number of hydrogen-bond acceptors (Lipinski definition) is 3. The van der Waals surface area contributed by atoms with Crippen LogP contribution in [0.5, 0.6) is 0 Å². The average Bonchev–Trinajstić information content (AvgIpc) is 3.02. The average molecular weight is 461 g/mol. The van der Waals surface area contributed by atoms with Crippen molar-refractivity contribution in [2.75, 3.05) is 6.61 Å². The summed E-state index contributed by atoms with van der Waals surface area (Å²) in [4.78, 5) is 16.3. The second kappa shape index (κ2) is 13.0. The Hall–Kier alpha value is -1.43. The predicted octanol–water partition coefficient (Wildman–Crippen LogP) is 7.33. The molecule has 1 heterocycles. The number of nitrogens with one attached hydrogen (secondary N) is 1. The highest BCUT2D eigenvalue weighted by molar-refractivity contribution is 6.40. The first-order valence-corrected chi connectivity index (χ1v) is 11.3. The number of unbranched alkanes of at least 4 members (excludes halogenated alkanes) is 8. The van der Waals surface area contributed by atoms with Crippen molar-refractivity contribution in [1.29, 1.82) is 0 Å². The lowest BCUT2D eigenvalue weighted by molar-refractivity contribution is 0.306. The zero-order valence-corrected chi connectivity index (χ0v) is 19.0. The summed E-state index contributed by atoms with van der Waals surface area (Å²) >= 11 is 18.2. The molecule has 5 nitrogen and oxygen atoms in total. The summed E-state index contributed by atoms with van der Waals surface area (Å²) in [6.45, 7) is 2.85. The summed E-state index contributed by atoms with van der Waals surface area (Å²) in [5, 5.41) is 3.78. The summed E-state index contributed by atoms with van der Waals surface area (Å²) in [6.07, 6.45) is 12.7. The lowest BCUT2D eigenvalue weighted by atomic mass is 10.1. The van der Waals surface area contributed by atoms with Crippen LogP contribution in [0.15, 0.2) is 28.0 Å². The van der Waals surface area contributed by atoms with Gasteiger partial charge in [-0.15, -0.1) is 0 Å². The Morgan fingerprint density at radius 1 is 0.966 bits per heavy atom. The summed E-state index contributed by atoms with van der Waals surface area (Å²) in [5.41, 5.74) is 0.00186. The first-order valence-electron chi connectivity index (χ1n) is 10.1. The number of hydrogen-bond donors (Lipinski definition) is 1. The number of rotatable bonds is 13. The van der Waals surface area contributed by atoms with Crippen molar-refractivity contribution in [1.82, 2.24) is 9.78 Å². The maximum absolute atomic E-state index is 12.2. The molecule has 29 heavy (non-hydrogen) atoms. The van der Waals surface area contributed by atoms with Gasteiger partial charge in [-0.2, -0.15) is 0 Å². The summed E-state index contributed by atoms with van der Waals surface area (Å²) in [5.74, 6) is 0.351. The van der Waals surface area contributed by atoms with E-state index >= 15 is 0 Å². The largest absolute Gasteiger partial charge is 0.483 e. The van der Waals surface area contributed by atoms with Crippen molar-refractivity contribution < 1.29 is 4.74 Å². The maximum atomic E-state index is 12.2. The summed E-state index contributed by atoms with van der Waals surface area (Å²) in [7, 11) is 0. The Bertz CT molecular complexity index is 823. The molecule has 0 amide bonds. The van der Waals surface area contributed by atoms with Crippen LogP contribution in [0.25, 0.3) is 5.69 Å². The molecule has 0 aliphatic heterocycles. The van der Waals surface area contributed by atoms with Crippen molar-refractivity contribution in [3.63, 3.8) is 0 Å². The van der Waals surface area contributed by atoms with E-state index in [-0.39, 0.29) is 15.6 Å². The van der Waals surface area contributed by atoms with Gasteiger partial charge in [0.05, 0.1) is 16.7 Å². The fourth-order valence-corrected chi connectivity index (χ4v) is 3.99. The number of aliphatic imine (C=N–C) groups is 1. The first kappa shape index (κ1) is 23.8. The Labute approximate surface area is 187 Å². The van der Waals surface area contributed by atoms with Gasteiger partial charge in [-0.05, 0) is 18.6 Å². The van der Waals surface area contributed by atoms with Crippen molar-refractivity contribution in [3.05, 3.63) is 43.6 Å². The smallest absolute Gasteiger partial charge is 0.273 e. The summed E-state index contributed by atoms with van der Waals surface area (Å²) < 4.78 is 6.65. The second-order valence-corrected chi connectivity index (χ2v) is 8.22. The normalized spacial score (nSPS) is 11.4. The molecule has 2 rings (SSSR count). The summed E-state index contributed by atoms with van der Waals surface area (Å²) in [6, 6.07) is 4.39. The molecular weight excluding hydrogens is 433 g/mol. The van der Waals surface area contributed by atoms with Crippen LogP contribution in [0, 0.1) is 0 Å². The van der Waals surface area contributed by atoms with Crippen molar-refractivity contribution in [2.24, 2.45) is 4.99 Å². The molecule has 0 spiro atoms. The van der Waals surface area contributed by atoms with Gasteiger partial charge >= 0.3 is 0 Å². The van der Waals surface area contributed by atoms with Crippen LogP contribution in [0.4, 0.5) is 5.82 Å². The molecule has 0 radical (unpaired) electrons. The number of aromatic amines is 1. The molecule has 1 aromatic carbocycles. The van der Waals surface area contributed by atoms with Crippen molar-refractivity contribution in [3.8, 4) is 5.69 Å². The van der Waals surface area contributed by atoms with E-state index in [1.807, 2.05) is 0 Å². The minimum Gasteiger partial charge on any atom is -0.483 e. The lowest BCUT2D eigenvalue weighted by Gasteiger charge is -2.07. The van der Waals surface area contributed by atoms with Crippen molar-refractivity contribution >= 4 is 47.0 Å². The highest BCUT2D eigenvalue weighted by Gasteiger charge is 2.13. The minimum absolute atomic E-state index is 0.267. The van der Waals surface area contributed by atoms with Crippen LogP contribution in [0.2, 0.25) is 15.1 Å². The molecule has 160 valence electrons. The van der Waals surface area contributed by atoms with Crippen LogP contribution in [-0.4, -0.2) is 22.8 Å². The molecule has 0 aliphatic rings. The zero-order chi connectivity index (χ0) is 21.1. The van der Waals surface area contributed by atoms with Gasteiger partial charge in [0.25, 0.3) is 5.56 Å². The minimum atomic E-state index is -0.331. The van der Waals surface area contributed by atoms with E-state index in [0.717, 1.165) is 12.8 Å². The molecule has 1 N–H and O–H groups in total. The zero-order valence-electron chi connectivity index (χ0n) is 16.7. The standard InChI is InChI=1S/C21H28Cl3N3O2/c1-2-3-4-5-6-7-8-9-10-11-29-15-25-19-14-20(28)27(26-19)21-17(23)12-16(22)13-18(21)24/h12-15,26H,2-11H2,1H3. The van der Waals surface area contributed by atoms with E-state index in [9.17, 15) is 4.79 Å². The molecule has 0 bridgehead atoms. The third-order valence-electron chi connectivity index (χ3n) is 4.54. The Balaban J connectivity index is 1.73. The Morgan fingerprint density at radius 3 is 2.17 bits per heavy atom. The Morgan fingerprint density at radius 2 is 1.55 bits per heavy atom. The van der Waals surface area contributed by atoms with Gasteiger partial charge in [-0.25, -0.2) is 9.67 Å². The molecule has 0 saturated heterocycles. The van der Waals surface area contributed by atoms with Crippen LogP contribution >= 0.6 is 34.8 Å². The number of halogens is 3. The van der Waals surface area contributed by atoms with Crippen LogP contribution in [0.3, 0.4) is 0 Å². The number of benzene rings is 1. The highest BCUT2D eigenvalue weighted by atomic mass is 35.5. The topological polar surface area (TPSA) is 59.4 Å². The van der Waals surface area contributed by atoms with E-state index in [2.05, 4.69) is 17.0 Å². The van der Waals surface area contributed by atoms with Gasteiger partial charge in [0, 0.05) is 11.1 Å². The number of ether oxygens (including phenoxy) is 1. The third kappa shape index (κ3) is 8.07. The molecule has 0 saturated carbocycles. The third-order valence-corrected chi connectivity index (χ3v) is 5.34. The number of nitrogens with zero attached hydrogens (tertiary/aromatic N) is 2. The maximum Gasteiger partial charge on any atom is 0.273 e. The van der Waals surface area contributed by atoms with Gasteiger partial charge in [-0.1, -0.05) is 93.1 Å². The van der Waals surface area contributed by atoms with E-state index in [1.54, 1.807) is 0 Å². The quantitative estimate of drug-likeness (QED) is 0.193. The van der Waals surface area contributed by atoms with Gasteiger partial charge in [0.1, 0.15) is 5.69 Å². The van der Waals surface area contributed by atoms with E-state index in [0.29, 0.717) is 23.1 Å². The monoisotopic (exact) mass is 459 g/mol. The van der Waals surface area contributed by atoms with E-state index < -0.39 is 0 Å². The van der Waals surface area contributed by atoms with E-state index in [4.69, 9.17) is 39.5 Å². The van der Waals surface area contributed by atoms with Gasteiger partial charge in [0.15, 0.2) is 12.2 Å². The van der Waals surface area contributed by atoms with Gasteiger partial charge in [0.2, 0.25) is 0 Å². The van der Waals surface area contributed by atoms with Gasteiger partial charge in [-0.3, -0.25) is 9.89 Å². The SMILES string of the molecule is CCCCCCCCCCCOC=Nc1cc(=O)n(-c2c(Cl)cc(Cl)cc2Cl)[nH]1. The van der Waals surface area contributed by atoms with Crippen LogP contribution < -0.4 is 5.56 Å². The van der Waals surface area contributed by atoms with Gasteiger partial charge < -0.3 is 4.74 Å². The molecular formula is C21H28Cl3N3O2. The van der Waals surface area contributed by atoms with E-state index in [1.165, 1.54) is 74.2 Å². The fraction of sp³-hybridized carbons (Fsp3) is 0.524. The van der Waals surface area contributed by atoms with Crippen LogP contribution in [0.1, 0.15) is 64.7 Å². The molecule has 0 fully saturated rings. The first-order chi connectivity index (χ1) is 14.0. The molecule has 8 heteroatoms. The number of aromatic nitrogens is 2. The molecule has 1 aromatic heterocycles. The Kier molecular flexibility index (Phi) is 10.7. The highest BCUT2D eigenvalue weighted by Crippen LogP contribution is 2.31. The molecule has 0 atom stereocenters. The number of H-pyrrole nitrogens is 1.